The van der Waals surface area contributed by atoms with Crippen LogP contribution >= 0.6 is 11.3 Å². The van der Waals surface area contributed by atoms with Crippen LogP contribution in [0.1, 0.15) is 30.1 Å². The highest BCUT2D eigenvalue weighted by molar-refractivity contribution is 7.20. The summed E-state index contributed by atoms with van der Waals surface area (Å²) < 4.78 is 15.3. The van der Waals surface area contributed by atoms with E-state index in [9.17, 15) is 14.4 Å². The molecule has 0 unspecified atom stereocenters. The molecule has 7 nitrogen and oxygen atoms in total. The number of hydrogen-bond donors (Lipinski definition) is 1. The Labute approximate surface area is 166 Å². The van der Waals surface area contributed by atoms with E-state index in [1.54, 1.807) is 13.0 Å². The van der Waals surface area contributed by atoms with Crippen molar-refractivity contribution < 1.29 is 28.6 Å². The molecule has 0 saturated carbocycles. The average Bonchev–Trinajstić information content (AvgIpc) is 3.37. The summed E-state index contributed by atoms with van der Waals surface area (Å²) in [4.78, 5) is 37.2. The fourth-order valence-corrected chi connectivity index (χ4v) is 3.81. The molecule has 1 aliphatic rings. The number of thiophene rings is 1. The van der Waals surface area contributed by atoms with Gasteiger partial charge in [0, 0.05) is 11.5 Å². The minimum absolute atomic E-state index is 0.224. The fraction of sp³-hybridized carbons (Fsp3) is 0.350. The third-order valence-corrected chi connectivity index (χ3v) is 5.18. The number of rotatable bonds is 7. The van der Waals surface area contributed by atoms with Crippen molar-refractivity contribution in [2.75, 3.05) is 25.1 Å². The molecule has 3 rings (SSSR count). The van der Waals surface area contributed by atoms with Crippen molar-refractivity contribution in [2.45, 2.75) is 25.9 Å². The van der Waals surface area contributed by atoms with Crippen LogP contribution in [0.5, 0.6) is 0 Å². The van der Waals surface area contributed by atoms with Crippen molar-refractivity contribution in [3.05, 3.63) is 42.0 Å². The molecular formula is C20H21NO6S. The molecule has 2 heterocycles. The van der Waals surface area contributed by atoms with Gasteiger partial charge in [0.1, 0.15) is 5.00 Å². The number of carbonyl (C=O) groups excluding carboxylic acids is 3. The van der Waals surface area contributed by atoms with Crippen LogP contribution in [0.15, 0.2) is 36.4 Å². The number of esters is 2. The first-order chi connectivity index (χ1) is 13.6. The molecule has 1 fully saturated rings. The maximum absolute atomic E-state index is 12.3. The van der Waals surface area contributed by atoms with E-state index >= 15 is 0 Å². The van der Waals surface area contributed by atoms with Gasteiger partial charge in [-0.1, -0.05) is 30.3 Å². The van der Waals surface area contributed by atoms with E-state index in [4.69, 9.17) is 14.2 Å². The lowest BCUT2D eigenvalue weighted by Gasteiger charge is -2.10. The highest BCUT2D eigenvalue weighted by Gasteiger charge is 2.26. The molecular weight excluding hydrogens is 382 g/mol. The summed E-state index contributed by atoms with van der Waals surface area (Å²) >= 11 is 1.26. The molecule has 2 aromatic rings. The van der Waals surface area contributed by atoms with Crippen LogP contribution in [-0.4, -0.2) is 43.8 Å². The normalized spacial score (nSPS) is 15.8. The molecule has 0 bridgehead atoms. The largest absolute Gasteiger partial charge is 0.462 e. The summed E-state index contributed by atoms with van der Waals surface area (Å²) in [6.45, 7) is 2.01. The lowest BCUT2D eigenvalue weighted by molar-refractivity contribution is -0.156. The Morgan fingerprint density at radius 2 is 2.00 bits per heavy atom. The Morgan fingerprint density at radius 1 is 1.21 bits per heavy atom. The van der Waals surface area contributed by atoms with Crippen molar-refractivity contribution >= 4 is 34.2 Å². The molecule has 8 heteroatoms. The van der Waals surface area contributed by atoms with E-state index in [2.05, 4.69) is 5.32 Å². The lowest BCUT2D eigenvalue weighted by Crippen LogP contribution is -2.27. The minimum Gasteiger partial charge on any atom is -0.462 e. The number of anilines is 1. The van der Waals surface area contributed by atoms with Crippen LogP contribution in [0.2, 0.25) is 0 Å². The topological polar surface area (TPSA) is 90.9 Å². The van der Waals surface area contributed by atoms with Crippen LogP contribution < -0.4 is 5.32 Å². The summed E-state index contributed by atoms with van der Waals surface area (Å²) in [7, 11) is 0. The maximum atomic E-state index is 12.3. The highest BCUT2D eigenvalue weighted by Crippen LogP contribution is 2.35. The van der Waals surface area contributed by atoms with Crippen molar-refractivity contribution in [1.29, 1.82) is 0 Å². The van der Waals surface area contributed by atoms with Crippen molar-refractivity contribution in [3.63, 3.8) is 0 Å². The smallest absolute Gasteiger partial charge is 0.341 e. The quantitative estimate of drug-likeness (QED) is 0.714. The minimum atomic E-state index is -0.602. The Morgan fingerprint density at radius 3 is 2.68 bits per heavy atom. The third-order valence-electron chi connectivity index (χ3n) is 4.08. The van der Waals surface area contributed by atoms with Crippen LogP contribution in [0.25, 0.3) is 10.4 Å². The molecule has 0 spiro atoms. The third kappa shape index (κ3) is 4.96. The molecule has 1 aromatic carbocycles. The monoisotopic (exact) mass is 403 g/mol. The van der Waals surface area contributed by atoms with Gasteiger partial charge in [-0.25, -0.2) is 9.59 Å². The number of hydrogen-bond acceptors (Lipinski definition) is 7. The summed E-state index contributed by atoms with van der Waals surface area (Å²) in [6.07, 6.45) is 0.792. The van der Waals surface area contributed by atoms with Crippen molar-refractivity contribution in [1.82, 2.24) is 0 Å². The summed E-state index contributed by atoms with van der Waals surface area (Å²) in [5.41, 5.74) is 1.19. The first-order valence-corrected chi connectivity index (χ1v) is 9.84. The summed E-state index contributed by atoms with van der Waals surface area (Å²) in [5.74, 6) is -1.60. The van der Waals surface area contributed by atoms with Gasteiger partial charge in [-0.3, -0.25) is 4.79 Å². The molecule has 1 aromatic heterocycles. The van der Waals surface area contributed by atoms with E-state index < -0.39 is 30.6 Å². The molecule has 28 heavy (non-hydrogen) atoms. The average molecular weight is 403 g/mol. The van der Waals surface area contributed by atoms with Crippen LogP contribution in [-0.2, 0) is 23.8 Å². The maximum Gasteiger partial charge on any atom is 0.341 e. The van der Waals surface area contributed by atoms with E-state index in [1.807, 2.05) is 30.3 Å². The van der Waals surface area contributed by atoms with E-state index in [-0.39, 0.29) is 12.2 Å². The van der Waals surface area contributed by atoms with Crippen LogP contribution in [0.3, 0.4) is 0 Å². The number of carbonyl (C=O) groups is 3. The van der Waals surface area contributed by atoms with E-state index in [0.717, 1.165) is 16.9 Å². The van der Waals surface area contributed by atoms with Gasteiger partial charge in [0.2, 0.25) is 0 Å². The standard InChI is InChI=1S/C20H21NO6S/c1-2-25-19(23)14-11-16(13-7-4-3-5-8-13)28-18(14)21-17(22)12-27-20(24)15-9-6-10-26-15/h3-5,7-8,11,15H,2,6,9-10,12H2,1H3,(H,21,22)/t15-/m0/s1. The van der Waals surface area contributed by atoms with Gasteiger partial charge in [-0.05, 0) is 31.4 Å². The second kappa shape index (κ2) is 9.48. The second-order valence-electron chi connectivity index (χ2n) is 6.10. The molecule has 0 aliphatic carbocycles. The molecule has 1 amide bonds. The van der Waals surface area contributed by atoms with E-state index in [1.165, 1.54) is 11.3 Å². The first-order valence-electron chi connectivity index (χ1n) is 9.03. The highest BCUT2D eigenvalue weighted by atomic mass is 32.1. The Balaban J connectivity index is 1.70. The molecule has 1 atom stereocenters. The predicted molar refractivity (Wildman–Crippen MR) is 104 cm³/mol. The summed E-state index contributed by atoms with van der Waals surface area (Å²) in [6, 6.07) is 11.2. The predicted octanol–water partition coefficient (Wildman–Crippen LogP) is 3.25. The number of amides is 1. The van der Waals surface area contributed by atoms with Gasteiger partial charge in [0.25, 0.3) is 5.91 Å². The van der Waals surface area contributed by atoms with Crippen LogP contribution in [0, 0.1) is 0 Å². The fourth-order valence-electron chi connectivity index (χ4n) is 2.74. The number of ether oxygens (including phenoxy) is 3. The van der Waals surface area contributed by atoms with Gasteiger partial charge in [0.15, 0.2) is 12.7 Å². The zero-order chi connectivity index (χ0) is 19.9. The number of nitrogens with one attached hydrogen (secondary N) is 1. The van der Waals surface area contributed by atoms with Crippen molar-refractivity contribution in [2.24, 2.45) is 0 Å². The second-order valence-corrected chi connectivity index (χ2v) is 7.15. The van der Waals surface area contributed by atoms with Gasteiger partial charge in [-0.2, -0.15) is 0 Å². The Bertz CT molecular complexity index is 842. The molecule has 0 radical (unpaired) electrons. The van der Waals surface area contributed by atoms with E-state index in [0.29, 0.717) is 18.0 Å². The van der Waals surface area contributed by atoms with Crippen molar-refractivity contribution in [3.8, 4) is 10.4 Å². The van der Waals surface area contributed by atoms with Gasteiger partial charge >= 0.3 is 11.9 Å². The van der Waals surface area contributed by atoms with Gasteiger partial charge in [0.05, 0.1) is 12.2 Å². The first kappa shape index (κ1) is 20.0. The Hall–Kier alpha value is -2.71. The SMILES string of the molecule is CCOC(=O)c1cc(-c2ccccc2)sc1NC(=O)COC(=O)[C@@H]1CCCO1. The molecule has 1 saturated heterocycles. The van der Waals surface area contributed by atoms with Gasteiger partial charge < -0.3 is 19.5 Å². The lowest BCUT2D eigenvalue weighted by atomic mass is 10.1. The molecule has 1 N–H and O–H groups in total. The Kier molecular flexibility index (Phi) is 6.78. The zero-order valence-corrected chi connectivity index (χ0v) is 16.3. The van der Waals surface area contributed by atoms with Crippen LogP contribution in [0.4, 0.5) is 5.00 Å². The summed E-state index contributed by atoms with van der Waals surface area (Å²) in [5, 5.41) is 3.00. The zero-order valence-electron chi connectivity index (χ0n) is 15.4. The molecule has 148 valence electrons. The number of benzene rings is 1. The van der Waals surface area contributed by atoms with Gasteiger partial charge in [-0.15, -0.1) is 11.3 Å². The molecule has 1 aliphatic heterocycles.